The van der Waals surface area contributed by atoms with Gasteiger partial charge < -0.3 is 5.11 Å². The van der Waals surface area contributed by atoms with Gasteiger partial charge in [0.25, 0.3) is 0 Å². The van der Waals surface area contributed by atoms with Crippen molar-refractivity contribution in [3.05, 3.63) is 34.1 Å². The molecular weight excluding hydrogens is 271 g/mol. The summed E-state index contributed by atoms with van der Waals surface area (Å²) in [7, 11) is 0. The van der Waals surface area contributed by atoms with E-state index in [4.69, 9.17) is 0 Å². The Hall–Kier alpha value is -0.410. The SMILES string of the molecule is CC(C)C(C)C(O)Cc1cccc(F)c1Br. The van der Waals surface area contributed by atoms with E-state index in [1.54, 1.807) is 6.07 Å². The largest absolute Gasteiger partial charge is 0.392 e. The molecule has 1 nitrogen and oxygen atoms in total. The predicted molar refractivity (Wildman–Crippen MR) is 67.8 cm³/mol. The third kappa shape index (κ3) is 3.29. The second kappa shape index (κ2) is 5.78. The lowest BCUT2D eigenvalue weighted by atomic mass is 9.89. The van der Waals surface area contributed by atoms with Crippen molar-refractivity contribution in [1.29, 1.82) is 0 Å². The van der Waals surface area contributed by atoms with Crippen LogP contribution in [0.5, 0.6) is 0 Å². The Balaban J connectivity index is 2.77. The lowest BCUT2D eigenvalue weighted by Crippen LogP contribution is -2.24. The molecule has 0 spiro atoms. The molecule has 0 amide bonds. The van der Waals surface area contributed by atoms with E-state index >= 15 is 0 Å². The van der Waals surface area contributed by atoms with Gasteiger partial charge in [-0.25, -0.2) is 4.39 Å². The molecule has 0 radical (unpaired) electrons. The van der Waals surface area contributed by atoms with E-state index in [1.165, 1.54) is 6.07 Å². The summed E-state index contributed by atoms with van der Waals surface area (Å²) in [6.45, 7) is 6.17. The molecule has 0 bridgehead atoms. The molecule has 90 valence electrons. The molecule has 1 rings (SSSR count). The Morgan fingerprint density at radius 2 is 1.94 bits per heavy atom. The molecule has 0 aliphatic carbocycles. The number of hydrogen-bond donors (Lipinski definition) is 1. The highest BCUT2D eigenvalue weighted by molar-refractivity contribution is 9.10. The van der Waals surface area contributed by atoms with E-state index in [9.17, 15) is 9.50 Å². The van der Waals surface area contributed by atoms with Crippen LogP contribution < -0.4 is 0 Å². The highest BCUT2D eigenvalue weighted by Gasteiger charge is 2.19. The first kappa shape index (κ1) is 13.7. The van der Waals surface area contributed by atoms with E-state index in [1.807, 2.05) is 13.0 Å². The van der Waals surface area contributed by atoms with Crippen molar-refractivity contribution in [2.45, 2.75) is 33.3 Å². The fourth-order valence-corrected chi connectivity index (χ4v) is 1.99. The van der Waals surface area contributed by atoms with E-state index in [0.717, 1.165) is 5.56 Å². The highest BCUT2D eigenvalue weighted by atomic mass is 79.9. The Kier molecular flexibility index (Phi) is 4.93. The topological polar surface area (TPSA) is 20.2 Å². The first-order valence-corrected chi connectivity index (χ1v) is 6.33. The minimum atomic E-state index is -0.432. The zero-order valence-corrected chi connectivity index (χ0v) is 11.5. The molecule has 0 aliphatic heterocycles. The molecule has 2 unspecified atom stereocenters. The van der Waals surface area contributed by atoms with Crippen LogP contribution >= 0.6 is 15.9 Å². The van der Waals surface area contributed by atoms with Crippen LogP contribution in [0.3, 0.4) is 0 Å². The Morgan fingerprint density at radius 3 is 2.50 bits per heavy atom. The normalized spacial score (nSPS) is 15.2. The predicted octanol–water partition coefficient (Wildman–Crippen LogP) is 3.78. The van der Waals surface area contributed by atoms with Crippen LogP contribution in [0, 0.1) is 17.7 Å². The molecule has 0 aromatic heterocycles. The zero-order chi connectivity index (χ0) is 12.3. The fraction of sp³-hybridized carbons (Fsp3) is 0.538. The van der Waals surface area contributed by atoms with Gasteiger partial charge in [0, 0.05) is 0 Å². The van der Waals surface area contributed by atoms with Crippen LogP contribution in [0.1, 0.15) is 26.3 Å². The van der Waals surface area contributed by atoms with Gasteiger partial charge in [0.05, 0.1) is 10.6 Å². The molecule has 1 aromatic rings. The Labute approximate surface area is 105 Å². The monoisotopic (exact) mass is 288 g/mol. The summed E-state index contributed by atoms with van der Waals surface area (Å²) in [5.74, 6) is 0.347. The number of hydrogen-bond acceptors (Lipinski definition) is 1. The van der Waals surface area contributed by atoms with Crippen LogP contribution in [0.2, 0.25) is 0 Å². The number of rotatable bonds is 4. The van der Waals surface area contributed by atoms with Gasteiger partial charge in [0.15, 0.2) is 0 Å². The summed E-state index contributed by atoms with van der Waals surface area (Å²) in [5.41, 5.74) is 0.819. The molecule has 0 saturated heterocycles. The average molecular weight is 289 g/mol. The van der Waals surface area contributed by atoms with E-state index in [-0.39, 0.29) is 11.7 Å². The van der Waals surface area contributed by atoms with Crippen LogP contribution in [-0.2, 0) is 6.42 Å². The molecule has 0 saturated carbocycles. The smallest absolute Gasteiger partial charge is 0.137 e. The summed E-state index contributed by atoms with van der Waals surface area (Å²) < 4.78 is 13.7. The van der Waals surface area contributed by atoms with Crippen LogP contribution in [0.4, 0.5) is 4.39 Å². The number of benzene rings is 1. The molecule has 1 aromatic carbocycles. The second-order valence-electron chi connectivity index (χ2n) is 4.59. The Bertz CT molecular complexity index is 352. The summed E-state index contributed by atoms with van der Waals surface area (Å²) in [4.78, 5) is 0. The molecule has 2 atom stereocenters. The molecule has 1 N–H and O–H groups in total. The maximum atomic E-state index is 13.3. The summed E-state index contributed by atoms with van der Waals surface area (Å²) in [6, 6.07) is 4.91. The molecule has 3 heteroatoms. The first-order chi connectivity index (χ1) is 7.43. The number of halogens is 2. The van der Waals surface area contributed by atoms with Gasteiger partial charge in [-0.1, -0.05) is 32.9 Å². The molecular formula is C13H18BrFO. The Morgan fingerprint density at radius 1 is 1.31 bits per heavy atom. The van der Waals surface area contributed by atoms with Crippen molar-refractivity contribution in [1.82, 2.24) is 0 Å². The second-order valence-corrected chi connectivity index (χ2v) is 5.38. The number of aliphatic hydroxyl groups excluding tert-OH is 1. The third-order valence-electron chi connectivity index (χ3n) is 3.12. The maximum Gasteiger partial charge on any atom is 0.137 e. The van der Waals surface area contributed by atoms with Gasteiger partial charge in [-0.2, -0.15) is 0 Å². The standard InChI is InChI=1S/C13H18BrFO/c1-8(2)9(3)12(16)7-10-5-4-6-11(15)13(10)14/h4-6,8-9,12,16H,7H2,1-3H3. The van der Waals surface area contributed by atoms with Gasteiger partial charge in [-0.15, -0.1) is 0 Å². The van der Waals surface area contributed by atoms with Gasteiger partial charge >= 0.3 is 0 Å². The molecule has 16 heavy (non-hydrogen) atoms. The third-order valence-corrected chi connectivity index (χ3v) is 4.01. The minimum Gasteiger partial charge on any atom is -0.392 e. The average Bonchev–Trinajstić information content (AvgIpc) is 2.23. The van der Waals surface area contributed by atoms with Crippen LogP contribution in [-0.4, -0.2) is 11.2 Å². The summed E-state index contributed by atoms with van der Waals surface area (Å²) in [6.07, 6.45) is 0.0515. The van der Waals surface area contributed by atoms with Crippen molar-refractivity contribution in [2.75, 3.05) is 0 Å². The summed E-state index contributed by atoms with van der Waals surface area (Å²) in [5, 5.41) is 10.0. The number of aliphatic hydroxyl groups is 1. The lowest BCUT2D eigenvalue weighted by Gasteiger charge is -2.22. The fourth-order valence-electron chi connectivity index (χ4n) is 1.56. The van der Waals surface area contributed by atoms with E-state index in [0.29, 0.717) is 16.8 Å². The minimum absolute atomic E-state index is 0.204. The van der Waals surface area contributed by atoms with Crippen molar-refractivity contribution in [2.24, 2.45) is 11.8 Å². The van der Waals surface area contributed by atoms with Gasteiger partial charge in [0.1, 0.15) is 5.82 Å². The molecule has 0 aliphatic rings. The van der Waals surface area contributed by atoms with Crippen molar-refractivity contribution < 1.29 is 9.50 Å². The molecule has 0 heterocycles. The van der Waals surface area contributed by atoms with E-state index in [2.05, 4.69) is 29.8 Å². The summed E-state index contributed by atoms with van der Waals surface area (Å²) >= 11 is 3.21. The first-order valence-electron chi connectivity index (χ1n) is 5.54. The van der Waals surface area contributed by atoms with Crippen molar-refractivity contribution >= 4 is 15.9 Å². The highest BCUT2D eigenvalue weighted by Crippen LogP contribution is 2.24. The molecule has 0 fully saturated rings. The van der Waals surface area contributed by atoms with Crippen molar-refractivity contribution in [3.8, 4) is 0 Å². The van der Waals surface area contributed by atoms with Gasteiger partial charge in [-0.05, 0) is 45.8 Å². The van der Waals surface area contributed by atoms with E-state index < -0.39 is 6.10 Å². The zero-order valence-electron chi connectivity index (χ0n) is 9.87. The van der Waals surface area contributed by atoms with Crippen LogP contribution in [0.25, 0.3) is 0 Å². The van der Waals surface area contributed by atoms with Crippen molar-refractivity contribution in [3.63, 3.8) is 0 Å². The van der Waals surface area contributed by atoms with Gasteiger partial charge in [-0.3, -0.25) is 0 Å². The van der Waals surface area contributed by atoms with Gasteiger partial charge in [0.2, 0.25) is 0 Å². The lowest BCUT2D eigenvalue weighted by molar-refractivity contribution is 0.0919. The van der Waals surface area contributed by atoms with Crippen LogP contribution in [0.15, 0.2) is 22.7 Å². The maximum absolute atomic E-state index is 13.3. The quantitative estimate of drug-likeness (QED) is 0.894.